The minimum atomic E-state index is -0.0753. The van der Waals surface area contributed by atoms with Crippen LogP contribution in [-0.2, 0) is 6.42 Å². The summed E-state index contributed by atoms with van der Waals surface area (Å²) < 4.78 is 1.78. The fourth-order valence-electron chi connectivity index (χ4n) is 3.87. The second-order valence-corrected chi connectivity index (χ2v) is 7.75. The molecule has 0 aliphatic heterocycles. The highest BCUT2D eigenvalue weighted by Crippen LogP contribution is 2.22. The molecule has 1 saturated carbocycles. The van der Waals surface area contributed by atoms with Crippen molar-refractivity contribution >= 4 is 23.2 Å². The Labute approximate surface area is 163 Å². The van der Waals surface area contributed by atoms with Crippen LogP contribution in [0.1, 0.15) is 58.6 Å². The number of aryl methyl sites for hydroxylation is 2. The van der Waals surface area contributed by atoms with Crippen molar-refractivity contribution in [2.45, 2.75) is 52.0 Å². The third-order valence-corrected chi connectivity index (χ3v) is 5.69. The van der Waals surface area contributed by atoms with Gasteiger partial charge in [-0.3, -0.25) is 4.79 Å². The van der Waals surface area contributed by atoms with Gasteiger partial charge in [-0.05, 0) is 49.9 Å². The maximum absolute atomic E-state index is 12.7. The monoisotopic (exact) mass is 382 g/mol. The van der Waals surface area contributed by atoms with Gasteiger partial charge in [0, 0.05) is 28.9 Å². The largest absolute Gasteiger partial charge is 0.349 e. The fraction of sp³-hybridized carbons (Fsp3) is 0.381. The Balaban J connectivity index is 1.66. The van der Waals surface area contributed by atoms with E-state index in [-0.39, 0.29) is 11.9 Å². The molecule has 3 aromatic rings. The second-order valence-electron chi connectivity index (χ2n) is 7.31. The molecule has 1 aliphatic carbocycles. The van der Waals surface area contributed by atoms with Gasteiger partial charge in [-0.15, -0.1) is 0 Å². The lowest BCUT2D eigenvalue weighted by Gasteiger charge is -2.13. The lowest BCUT2D eigenvalue weighted by atomic mass is 10.0. The molecular weight excluding hydrogens is 360 g/mol. The Morgan fingerprint density at radius 1 is 1.22 bits per heavy atom. The first-order chi connectivity index (χ1) is 13.0. The summed E-state index contributed by atoms with van der Waals surface area (Å²) in [6.45, 7) is 4.02. The number of nitrogens with one attached hydrogen (secondary N) is 1. The summed E-state index contributed by atoms with van der Waals surface area (Å²) >= 11 is 5.98. The predicted molar refractivity (Wildman–Crippen MR) is 106 cm³/mol. The quantitative estimate of drug-likeness (QED) is 0.733. The number of carbonyl (C=O) groups excluding carboxylic acids is 1. The predicted octanol–water partition coefficient (Wildman–Crippen LogP) is 4.26. The third-order valence-electron chi connectivity index (χ3n) is 5.44. The van der Waals surface area contributed by atoms with Crippen LogP contribution < -0.4 is 5.32 Å². The van der Waals surface area contributed by atoms with Gasteiger partial charge in [0.15, 0.2) is 5.65 Å². The van der Waals surface area contributed by atoms with Gasteiger partial charge in [0.05, 0.1) is 6.20 Å². The molecule has 0 atom stereocenters. The zero-order valence-electron chi connectivity index (χ0n) is 15.6. The molecule has 0 radical (unpaired) electrons. The molecule has 1 aliphatic rings. The minimum absolute atomic E-state index is 0.0753. The molecular formula is C21H23ClN4O. The Morgan fingerprint density at radius 3 is 2.63 bits per heavy atom. The maximum atomic E-state index is 12.7. The average Bonchev–Trinajstić information content (AvgIpc) is 3.30. The van der Waals surface area contributed by atoms with Crippen LogP contribution in [0.3, 0.4) is 0 Å². The van der Waals surface area contributed by atoms with Crippen LogP contribution in [0.4, 0.5) is 0 Å². The summed E-state index contributed by atoms with van der Waals surface area (Å²) in [6.07, 6.45) is 6.87. The molecule has 1 amide bonds. The number of rotatable bonds is 4. The van der Waals surface area contributed by atoms with Crippen molar-refractivity contribution in [1.29, 1.82) is 0 Å². The molecule has 27 heavy (non-hydrogen) atoms. The van der Waals surface area contributed by atoms with E-state index in [0.29, 0.717) is 11.2 Å². The van der Waals surface area contributed by atoms with Crippen molar-refractivity contribution in [3.05, 3.63) is 63.6 Å². The highest BCUT2D eigenvalue weighted by atomic mass is 35.5. The lowest BCUT2D eigenvalue weighted by Crippen LogP contribution is -2.32. The van der Waals surface area contributed by atoms with E-state index in [2.05, 4.69) is 10.4 Å². The third kappa shape index (κ3) is 3.56. The number of aromatic nitrogens is 3. The molecule has 0 unspecified atom stereocenters. The summed E-state index contributed by atoms with van der Waals surface area (Å²) in [5.41, 5.74) is 5.39. The van der Waals surface area contributed by atoms with Gasteiger partial charge in [-0.25, -0.2) is 9.50 Å². The first-order valence-electron chi connectivity index (χ1n) is 9.42. The van der Waals surface area contributed by atoms with E-state index in [9.17, 15) is 4.79 Å². The van der Waals surface area contributed by atoms with Crippen LogP contribution in [0, 0.1) is 13.8 Å². The SMILES string of the molecule is Cc1nc2c(C(=O)NC3CCCC3)cnn2c(C)c1Cc1ccc(Cl)cc1. The number of amides is 1. The molecule has 2 heterocycles. The van der Waals surface area contributed by atoms with E-state index in [1.165, 1.54) is 12.8 Å². The van der Waals surface area contributed by atoms with Crippen molar-refractivity contribution in [2.75, 3.05) is 0 Å². The smallest absolute Gasteiger partial charge is 0.256 e. The van der Waals surface area contributed by atoms with Gasteiger partial charge < -0.3 is 5.32 Å². The number of hydrogen-bond acceptors (Lipinski definition) is 3. The van der Waals surface area contributed by atoms with Crippen LogP contribution in [-0.4, -0.2) is 26.5 Å². The van der Waals surface area contributed by atoms with Gasteiger partial charge in [0.25, 0.3) is 5.91 Å². The van der Waals surface area contributed by atoms with Crippen molar-refractivity contribution in [3.8, 4) is 0 Å². The highest BCUT2D eigenvalue weighted by molar-refractivity contribution is 6.30. The number of nitrogens with zero attached hydrogens (tertiary/aromatic N) is 3. The molecule has 0 spiro atoms. The van der Waals surface area contributed by atoms with Crippen molar-refractivity contribution < 1.29 is 4.79 Å². The molecule has 0 bridgehead atoms. The van der Waals surface area contributed by atoms with E-state index >= 15 is 0 Å². The number of halogens is 1. The van der Waals surface area contributed by atoms with Crippen LogP contribution in [0.2, 0.25) is 5.02 Å². The standard InChI is InChI=1S/C21H23ClN4O/c1-13-18(11-15-7-9-16(22)10-8-15)14(2)26-20(24-13)19(12-23-26)21(27)25-17-5-3-4-6-17/h7-10,12,17H,3-6,11H2,1-2H3,(H,25,27). The molecule has 6 heteroatoms. The number of benzene rings is 1. The first-order valence-corrected chi connectivity index (χ1v) is 9.80. The topological polar surface area (TPSA) is 59.3 Å². The first kappa shape index (κ1) is 18.0. The molecule has 1 aromatic carbocycles. The van der Waals surface area contributed by atoms with Crippen LogP contribution in [0.25, 0.3) is 5.65 Å². The summed E-state index contributed by atoms with van der Waals surface area (Å²) in [4.78, 5) is 17.4. The van der Waals surface area contributed by atoms with Crippen molar-refractivity contribution in [2.24, 2.45) is 0 Å². The van der Waals surface area contributed by atoms with Gasteiger partial charge in [0.1, 0.15) is 5.56 Å². The maximum Gasteiger partial charge on any atom is 0.256 e. The van der Waals surface area contributed by atoms with Crippen molar-refractivity contribution in [3.63, 3.8) is 0 Å². The molecule has 1 N–H and O–H groups in total. The minimum Gasteiger partial charge on any atom is -0.349 e. The number of carbonyl (C=O) groups is 1. The summed E-state index contributed by atoms with van der Waals surface area (Å²) in [7, 11) is 0. The molecule has 5 nitrogen and oxygen atoms in total. The summed E-state index contributed by atoms with van der Waals surface area (Å²) in [6, 6.07) is 8.11. The van der Waals surface area contributed by atoms with E-state index in [1.807, 2.05) is 38.1 Å². The van der Waals surface area contributed by atoms with Crippen molar-refractivity contribution in [1.82, 2.24) is 19.9 Å². The zero-order chi connectivity index (χ0) is 19.0. The molecule has 2 aromatic heterocycles. The Hall–Kier alpha value is -2.40. The second kappa shape index (κ2) is 7.31. The van der Waals surface area contributed by atoms with E-state index in [0.717, 1.165) is 46.8 Å². The Kier molecular flexibility index (Phi) is 4.87. The van der Waals surface area contributed by atoms with Gasteiger partial charge >= 0.3 is 0 Å². The molecule has 1 fully saturated rings. The van der Waals surface area contributed by atoms with Crippen LogP contribution in [0.15, 0.2) is 30.5 Å². The molecule has 140 valence electrons. The normalized spacial score (nSPS) is 14.8. The Morgan fingerprint density at radius 2 is 1.93 bits per heavy atom. The lowest BCUT2D eigenvalue weighted by molar-refractivity contribution is 0.0939. The fourth-order valence-corrected chi connectivity index (χ4v) is 3.99. The number of hydrogen-bond donors (Lipinski definition) is 1. The van der Waals surface area contributed by atoms with Crippen LogP contribution in [0.5, 0.6) is 0 Å². The molecule has 4 rings (SSSR count). The zero-order valence-corrected chi connectivity index (χ0v) is 16.4. The van der Waals surface area contributed by atoms with E-state index in [1.54, 1.807) is 10.7 Å². The summed E-state index contributed by atoms with van der Waals surface area (Å²) in [5, 5.41) is 8.30. The van der Waals surface area contributed by atoms with Gasteiger partial charge in [0.2, 0.25) is 0 Å². The van der Waals surface area contributed by atoms with E-state index in [4.69, 9.17) is 16.6 Å². The van der Waals surface area contributed by atoms with Crippen LogP contribution >= 0.6 is 11.6 Å². The highest BCUT2D eigenvalue weighted by Gasteiger charge is 2.22. The van der Waals surface area contributed by atoms with E-state index < -0.39 is 0 Å². The van der Waals surface area contributed by atoms with Gasteiger partial charge in [-0.2, -0.15) is 5.10 Å². The molecule has 0 saturated heterocycles. The number of fused-ring (bicyclic) bond motifs is 1. The summed E-state index contributed by atoms with van der Waals surface area (Å²) in [5.74, 6) is -0.0753. The van der Waals surface area contributed by atoms with Gasteiger partial charge in [-0.1, -0.05) is 36.6 Å². The Bertz CT molecular complexity index is 988. The average molecular weight is 383 g/mol.